The molecule has 0 unspecified atom stereocenters. The zero-order chi connectivity index (χ0) is 15.4. The molecule has 3 rings (SSSR count). The van der Waals surface area contributed by atoms with Crippen LogP contribution in [0.1, 0.15) is 29.5 Å². The molecule has 7 heteroatoms. The highest BCUT2D eigenvalue weighted by molar-refractivity contribution is 7.09. The van der Waals surface area contributed by atoms with Crippen LogP contribution >= 0.6 is 11.3 Å². The van der Waals surface area contributed by atoms with Crippen LogP contribution in [-0.2, 0) is 13.5 Å². The zero-order valence-electron chi connectivity index (χ0n) is 12.7. The molecular formula is C15H21N5OS. The predicted octanol–water partition coefficient (Wildman–Crippen LogP) is 2.01. The highest BCUT2D eigenvalue weighted by atomic mass is 32.1. The van der Waals surface area contributed by atoms with Gasteiger partial charge in [0.15, 0.2) is 0 Å². The number of nitrogens with one attached hydrogen (secondary N) is 1. The molecule has 1 aliphatic rings. The third kappa shape index (κ3) is 3.47. The third-order valence-corrected chi connectivity index (χ3v) is 4.98. The van der Waals surface area contributed by atoms with Crippen molar-refractivity contribution in [2.45, 2.75) is 25.2 Å². The van der Waals surface area contributed by atoms with Gasteiger partial charge >= 0.3 is 6.03 Å². The summed E-state index contributed by atoms with van der Waals surface area (Å²) < 4.78 is 1.95. The summed E-state index contributed by atoms with van der Waals surface area (Å²) >= 11 is 1.73. The van der Waals surface area contributed by atoms with E-state index in [1.54, 1.807) is 17.7 Å². The van der Waals surface area contributed by atoms with Gasteiger partial charge < -0.3 is 14.8 Å². The molecule has 0 aromatic carbocycles. The Balaban J connectivity index is 1.51. The van der Waals surface area contributed by atoms with Crippen LogP contribution in [0.2, 0.25) is 0 Å². The lowest BCUT2D eigenvalue weighted by Gasteiger charge is -2.32. The van der Waals surface area contributed by atoms with Crippen molar-refractivity contribution in [2.24, 2.45) is 7.05 Å². The van der Waals surface area contributed by atoms with E-state index in [9.17, 15) is 4.79 Å². The lowest BCUT2D eigenvalue weighted by molar-refractivity contribution is 0.178. The fraction of sp³-hybridized carbons (Fsp3) is 0.533. The lowest BCUT2D eigenvalue weighted by Crippen LogP contribution is -2.45. The molecule has 118 valence electrons. The second-order valence-corrected chi connectivity index (χ2v) is 6.68. The van der Waals surface area contributed by atoms with Gasteiger partial charge in [0, 0.05) is 37.5 Å². The van der Waals surface area contributed by atoms with Crippen molar-refractivity contribution in [3.63, 3.8) is 0 Å². The fourth-order valence-corrected chi connectivity index (χ4v) is 3.60. The summed E-state index contributed by atoms with van der Waals surface area (Å²) in [5, 5.41) is 13.2. The van der Waals surface area contributed by atoms with Gasteiger partial charge in [-0.3, -0.25) is 0 Å². The molecule has 22 heavy (non-hydrogen) atoms. The van der Waals surface area contributed by atoms with Crippen molar-refractivity contribution in [1.29, 1.82) is 0 Å². The summed E-state index contributed by atoms with van der Waals surface area (Å²) in [6.07, 6.45) is 4.68. The highest BCUT2D eigenvalue weighted by Gasteiger charge is 2.27. The number of urea groups is 1. The topological polar surface area (TPSA) is 63.1 Å². The molecular weight excluding hydrogens is 298 g/mol. The molecule has 1 atom stereocenters. The van der Waals surface area contributed by atoms with Gasteiger partial charge in [-0.1, -0.05) is 6.07 Å². The van der Waals surface area contributed by atoms with Gasteiger partial charge in [-0.15, -0.1) is 21.5 Å². The molecule has 1 saturated heterocycles. The number of likely N-dealkylation sites (tertiary alicyclic amines) is 1. The van der Waals surface area contributed by atoms with Gasteiger partial charge in [0.25, 0.3) is 0 Å². The van der Waals surface area contributed by atoms with Gasteiger partial charge in [-0.2, -0.15) is 0 Å². The number of piperidine rings is 1. The standard InChI is InChI=1S/C15H21N5OS/c1-19-11-17-18-14(19)12-4-2-8-20(10-12)15(21)16-7-6-13-5-3-9-22-13/h3,5,9,11-12H,2,4,6-8,10H2,1H3,(H,16,21)/t12-/m0/s1. The minimum atomic E-state index is 0.0309. The van der Waals surface area contributed by atoms with E-state index >= 15 is 0 Å². The number of amides is 2. The minimum absolute atomic E-state index is 0.0309. The zero-order valence-corrected chi connectivity index (χ0v) is 13.6. The number of aromatic nitrogens is 3. The van der Waals surface area contributed by atoms with E-state index in [1.165, 1.54) is 4.88 Å². The Hall–Kier alpha value is -1.89. The molecule has 0 bridgehead atoms. The number of thiophene rings is 1. The van der Waals surface area contributed by atoms with Gasteiger partial charge in [-0.25, -0.2) is 4.79 Å². The van der Waals surface area contributed by atoms with E-state index < -0.39 is 0 Å². The number of hydrogen-bond acceptors (Lipinski definition) is 4. The molecule has 3 heterocycles. The summed E-state index contributed by atoms with van der Waals surface area (Å²) in [5.41, 5.74) is 0. The molecule has 0 radical (unpaired) electrons. The molecule has 2 amide bonds. The number of aryl methyl sites for hydroxylation is 1. The Morgan fingerprint density at radius 3 is 3.18 bits per heavy atom. The Kier molecular flexibility index (Phi) is 4.72. The van der Waals surface area contributed by atoms with Gasteiger partial charge in [0.05, 0.1) is 0 Å². The number of hydrogen-bond donors (Lipinski definition) is 1. The molecule has 2 aromatic rings. The maximum atomic E-state index is 12.3. The lowest BCUT2D eigenvalue weighted by atomic mass is 9.97. The number of carbonyl (C=O) groups excluding carboxylic acids is 1. The Morgan fingerprint density at radius 1 is 1.55 bits per heavy atom. The summed E-state index contributed by atoms with van der Waals surface area (Å²) in [7, 11) is 1.95. The Labute approximate surface area is 134 Å². The first-order valence-corrected chi connectivity index (χ1v) is 8.51. The molecule has 1 aliphatic heterocycles. The molecule has 0 saturated carbocycles. The van der Waals surface area contributed by atoms with Crippen molar-refractivity contribution in [3.05, 3.63) is 34.5 Å². The Morgan fingerprint density at radius 2 is 2.45 bits per heavy atom. The third-order valence-electron chi connectivity index (χ3n) is 4.05. The predicted molar refractivity (Wildman–Crippen MR) is 86.0 cm³/mol. The maximum absolute atomic E-state index is 12.3. The highest BCUT2D eigenvalue weighted by Crippen LogP contribution is 2.24. The summed E-state index contributed by atoms with van der Waals surface area (Å²) in [6, 6.07) is 4.17. The van der Waals surface area contributed by atoms with Crippen LogP contribution in [0.4, 0.5) is 4.79 Å². The van der Waals surface area contributed by atoms with E-state index in [0.29, 0.717) is 6.54 Å². The monoisotopic (exact) mass is 319 g/mol. The first-order chi connectivity index (χ1) is 10.7. The van der Waals surface area contributed by atoms with Crippen molar-refractivity contribution in [2.75, 3.05) is 19.6 Å². The van der Waals surface area contributed by atoms with Crippen LogP contribution < -0.4 is 5.32 Å². The van der Waals surface area contributed by atoms with E-state index in [4.69, 9.17) is 0 Å². The summed E-state index contributed by atoms with van der Waals surface area (Å²) in [4.78, 5) is 15.5. The molecule has 2 aromatic heterocycles. The van der Waals surface area contributed by atoms with E-state index in [0.717, 1.165) is 38.2 Å². The molecule has 1 fully saturated rings. The summed E-state index contributed by atoms with van der Waals surface area (Å²) in [5.74, 6) is 1.25. The van der Waals surface area contributed by atoms with E-state index in [2.05, 4.69) is 27.0 Å². The van der Waals surface area contributed by atoms with Crippen molar-refractivity contribution in [3.8, 4) is 0 Å². The average Bonchev–Trinajstić information content (AvgIpc) is 3.19. The maximum Gasteiger partial charge on any atom is 0.317 e. The largest absolute Gasteiger partial charge is 0.338 e. The van der Waals surface area contributed by atoms with Crippen molar-refractivity contribution in [1.82, 2.24) is 25.0 Å². The summed E-state index contributed by atoms with van der Waals surface area (Å²) in [6.45, 7) is 2.22. The molecule has 6 nitrogen and oxygen atoms in total. The average molecular weight is 319 g/mol. The van der Waals surface area contributed by atoms with Crippen LogP contribution in [0, 0.1) is 0 Å². The van der Waals surface area contributed by atoms with Crippen LogP contribution in [0.25, 0.3) is 0 Å². The van der Waals surface area contributed by atoms with Crippen LogP contribution in [-0.4, -0.2) is 45.3 Å². The van der Waals surface area contributed by atoms with Crippen LogP contribution in [0.3, 0.4) is 0 Å². The van der Waals surface area contributed by atoms with E-state index in [1.807, 2.05) is 22.6 Å². The van der Waals surface area contributed by atoms with Crippen LogP contribution in [0.15, 0.2) is 23.8 Å². The number of rotatable bonds is 4. The van der Waals surface area contributed by atoms with E-state index in [-0.39, 0.29) is 11.9 Å². The second-order valence-electron chi connectivity index (χ2n) is 5.65. The van der Waals surface area contributed by atoms with Crippen molar-refractivity contribution >= 4 is 17.4 Å². The normalized spacial score (nSPS) is 18.4. The first-order valence-electron chi connectivity index (χ1n) is 7.63. The smallest absolute Gasteiger partial charge is 0.317 e. The molecule has 0 spiro atoms. The van der Waals surface area contributed by atoms with Crippen molar-refractivity contribution < 1.29 is 4.79 Å². The molecule has 1 N–H and O–H groups in total. The first kappa shape index (κ1) is 15.0. The van der Waals surface area contributed by atoms with Gasteiger partial charge in [-0.05, 0) is 30.7 Å². The Bertz CT molecular complexity index is 609. The number of carbonyl (C=O) groups is 1. The fourth-order valence-electron chi connectivity index (χ4n) is 2.89. The van der Waals surface area contributed by atoms with Crippen LogP contribution in [0.5, 0.6) is 0 Å². The SMILES string of the molecule is Cn1cnnc1[C@H]1CCCN(C(=O)NCCc2cccs2)C1. The second kappa shape index (κ2) is 6.91. The number of nitrogens with zero attached hydrogens (tertiary/aromatic N) is 4. The quantitative estimate of drug-likeness (QED) is 0.937. The van der Waals surface area contributed by atoms with Gasteiger partial charge in [0.1, 0.15) is 12.2 Å². The molecule has 0 aliphatic carbocycles. The van der Waals surface area contributed by atoms with Gasteiger partial charge in [0.2, 0.25) is 0 Å². The minimum Gasteiger partial charge on any atom is -0.338 e.